The maximum Gasteiger partial charge on any atom is 0.211 e. The molecule has 0 aromatic heterocycles. The molecule has 14 heavy (non-hydrogen) atoms. The average Bonchev–Trinajstić information content (AvgIpc) is 1.99. The first-order valence-corrected chi connectivity index (χ1v) is 6.17. The van der Waals surface area contributed by atoms with Crippen LogP contribution in [0.15, 0.2) is 0 Å². The Kier molecular flexibility index (Phi) is 6.26. The van der Waals surface area contributed by atoms with Crippen molar-refractivity contribution in [2.24, 2.45) is 5.92 Å². The van der Waals surface area contributed by atoms with Crippen LogP contribution in [0.1, 0.15) is 13.8 Å². The molecule has 0 aliphatic carbocycles. The fourth-order valence-corrected chi connectivity index (χ4v) is 2.41. The number of methoxy groups -OCH3 is 1. The minimum absolute atomic E-state index is 0.00287. The lowest BCUT2D eigenvalue weighted by atomic mass is 10.3. The number of hydrogen-bond acceptors (Lipinski definition) is 4. The highest BCUT2D eigenvalue weighted by atomic mass is 32.2. The standard InChI is InChI=1S/C8H19NO4S/c1-7(2)6-14(11,12)9-4-8(10)5-13-3/h7-10H,4-6H2,1-3H3. The van der Waals surface area contributed by atoms with E-state index in [1.807, 2.05) is 13.8 Å². The van der Waals surface area contributed by atoms with Crippen molar-refractivity contribution in [2.45, 2.75) is 20.0 Å². The fourth-order valence-electron chi connectivity index (χ4n) is 0.972. The molecule has 5 nitrogen and oxygen atoms in total. The first kappa shape index (κ1) is 13.8. The van der Waals surface area contributed by atoms with Crippen molar-refractivity contribution in [3.63, 3.8) is 0 Å². The van der Waals surface area contributed by atoms with Crippen molar-refractivity contribution in [3.05, 3.63) is 0 Å². The van der Waals surface area contributed by atoms with E-state index < -0.39 is 16.1 Å². The lowest BCUT2D eigenvalue weighted by Crippen LogP contribution is -2.36. The second-order valence-electron chi connectivity index (χ2n) is 3.63. The Bertz CT molecular complexity index is 238. The first-order valence-electron chi connectivity index (χ1n) is 4.51. The van der Waals surface area contributed by atoms with E-state index in [9.17, 15) is 13.5 Å². The SMILES string of the molecule is COCC(O)CNS(=O)(=O)CC(C)C. The third kappa shape index (κ3) is 7.25. The zero-order chi connectivity index (χ0) is 11.2. The van der Waals surface area contributed by atoms with Gasteiger partial charge < -0.3 is 9.84 Å². The molecule has 0 aromatic carbocycles. The number of nitrogens with one attached hydrogen (secondary N) is 1. The molecule has 2 N–H and O–H groups in total. The van der Waals surface area contributed by atoms with Crippen molar-refractivity contribution >= 4 is 10.0 Å². The summed E-state index contributed by atoms with van der Waals surface area (Å²) < 4.78 is 29.6. The molecule has 0 spiro atoms. The molecule has 6 heteroatoms. The number of hydrogen-bond donors (Lipinski definition) is 2. The molecule has 0 aromatic rings. The molecule has 0 radical (unpaired) electrons. The predicted molar refractivity (Wildman–Crippen MR) is 54.5 cm³/mol. The summed E-state index contributed by atoms with van der Waals surface area (Å²) in [5.41, 5.74) is 0. The van der Waals surface area contributed by atoms with Gasteiger partial charge in [0.25, 0.3) is 0 Å². The summed E-state index contributed by atoms with van der Waals surface area (Å²) in [4.78, 5) is 0. The second kappa shape index (κ2) is 6.34. The number of ether oxygens (including phenoxy) is 1. The summed E-state index contributed by atoms with van der Waals surface area (Å²) in [5.74, 6) is 0.152. The van der Waals surface area contributed by atoms with Gasteiger partial charge in [0.2, 0.25) is 10.0 Å². The minimum atomic E-state index is -3.26. The highest BCUT2D eigenvalue weighted by molar-refractivity contribution is 7.89. The average molecular weight is 225 g/mol. The molecule has 0 bridgehead atoms. The molecule has 0 aliphatic heterocycles. The summed E-state index contributed by atoms with van der Waals surface area (Å²) >= 11 is 0. The van der Waals surface area contributed by atoms with Gasteiger partial charge in [-0.15, -0.1) is 0 Å². The molecule has 0 saturated carbocycles. The van der Waals surface area contributed by atoms with Gasteiger partial charge in [-0.2, -0.15) is 0 Å². The Morgan fingerprint density at radius 3 is 2.43 bits per heavy atom. The van der Waals surface area contributed by atoms with E-state index in [0.717, 1.165) is 0 Å². The van der Waals surface area contributed by atoms with Gasteiger partial charge in [-0.05, 0) is 5.92 Å². The first-order chi connectivity index (χ1) is 6.37. The molecular weight excluding hydrogens is 206 g/mol. The third-order valence-electron chi connectivity index (χ3n) is 1.45. The molecule has 0 aliphatic rings. The summed E-state index contributed by atoms with van der Waals surface area (Å²) in [6.07, 6.45) is -0.790. The quantitative estimate of drug-likeness (QED) is 0.616. The summed E-state index contributed by atoms with van der Waals surface area (Å²) in [6, 6.07) is 0. The van der Waals surface area contributed by atoms with Crippen LogP contribution >= 0.6 is 0 Å². The fraction of sp³-hybridized carbons (Fsp3) is 1.00. The van der Waals surface area contributed by atoms with Crippen LogP contribution in [0.2, 0.25) is 0 Å². The highest BCUT2D eigenvalue weighted by Crippen LogP contribution is 1.97. The number of aliphatic hydroxyl groups excluding tert-OH is 1. The molecule has 86 valence electrons. The van der Waals surface area contributed by atoms with Crippen LogP contribution < -0.4 is 4.72 Å². The lowest BCUT2D eigenvalue weighted by Gasteiger charge is -2.12. The Morgan fingerprint density at radius 2 is 2.00 bits per heavy atom. The van der Waals surface area contributed by atoms with Crippen LogP contribution in [0.25, 0.3) is 0 Å². The molecule has 0 amide bonds. The van der Waals surface area contributed by atoms with E-state index in [-0.39, 0.29) is 24.8 Å². The largest absolute Gasteiger partial charge is 0.389 e. The molecule has 0 saturated heterocycles. The molecule has 0 rings (SSSR count). The van der Waals surface area contributed by atoms with Crippen LogP contribution in [0, 0.1) is 5.92 Å². The van der Waals surface area contributed by atoms with Crippen LogP contribution in [-0.4, -0.2) is 45.6 Å². The van der Waals surface area contributed by atoms with Crippen LogP contribution in [0.3, 0.4) is 0 Å². The molecule has 1 unspecified atom stereocenters. The normalized spacial score (nSPS) is 14.6. The monoisotopic (exact) mass is 225 g/mol. The van der Waals surface area contributed by atoms with E-state index in [4.69, 9.17) is 0 Å². The van der Waals surface area contributed by atoms with Crippen LogP contribution in [0.5, 0.6) is 0 Å². The van der Waals surface area contributed by atoms with Crippen LogP contribution in [0.4, 0.5) is 0 Å². The summed E-state index contributed by atoms with van der Waals surface area (Å²) in [6.45, 7) is 3.78. The van der Waals surface area contributed by atoms with Crippen molar-refractivity contribution in [2.75, 3.05) is 26.0 Å². The van der Waals surface area contributed by atoms with Gasteiger partial charge >= 0.3 is 0 Å². The smallest absolute Gasteiger partial charge is 0.211 e. The van der Waals surface area contributed by atoms with Gasteiger partial charge in [-0.25, -0.2) is 13.1 Å². The maximum atomic E-state index is 11.3. The van der Waals surface area contributed by atoms with Gasteiger partial charge in [0, 0.05) is 13.7 Å². The lowest BCUT2D eigenvalue weighted by molar-refractivity contribution is 0.0679. The minimum Gasteiger partial charge on any atom is -0.389 e. The second-order valence-corrected chi connectivity index (χ2v) is 5.48. The zero-order valence-electron chi connectivity index (χ0n) is 8.86. The van der Waals surface area contributed by atoms with Gasteiger partial charge in [-0.3, -0.25) is 0 Å². The number of aliphatic hydroxyl groups is 1. The van der Waals surface area contributed by atoms with E-state index in [1.54, 1.807) is 0 Å². The van der Waals surface area contributed by atoms with Gasteiger partial charge in [-0.1, -0.05) is 13.8 Å². The van der Waals surface area contributed by atoms with E-state index >= 15 is 0 Å². The van der Waals surface area contributed by atoms with Gasteiger partial charge in [0.05, 0.1) is 18.5 Å². The van der Waals surface area contributed by atoms with Crippen molar-refractivity contribution in [1.82, 2.24) is 4.72 Å². The summed E-state index contributed by atoms with van der Waals surface area (Å²) in [7, 11) is -1.81. The topological polar surface area (TPSA) is 75.6 Å². The number of rotatable bonds is 7. The van der Waals surface area contributed by atoms with Crippen molar-refractivity contribution in [3.8, 4) is 0 Å². The summed E-state index contributed by atoms with van der Waals surface area (Å²) in [5, 5.41) is 9.19. The van der Waals surface area contributed by atoms with E-state index in [2.05, 4.69) is 9.46 Å². The van der Waals surface area contributed by atoms with E-state index in [0.29, 0.717) is 0 Å². The van der Waals surface area contributed by atoms with Crippen molar-refractivity contribution < 1.29 is 18.3 Å². The number of sulfonamides is 1. The molecular formula is C8H19NO4S. The van der Waals surface area contributed by atoms with Gasteiger partial charge in [0.1, 0.15) is 0 Å². The zero-order valence-corrected chi connectivity index (χ0v) is 9.67. The maximum absolute atomic E-state index is 11.3. The van der Waals surface area contributed by atoms with E-state index in [1.165, 1.54) is 7.11 Å². The third-order valence-corrected chi connectivity index (χ3v) is 3.16. The van der Waals surface area contributed by atoms with Gasteiger partial charge in [0.15, 0.2) is 0 Å². The molecule has 0 heterocycles. The molecule has 0 fully saturated rings. The Labute approximate surface area is 85.5 Å². The predicted octanol–water partition coefficient (Wildman–Crippen LogP) is -0.431. The Morgan fingerprint density at radius 1 is 1.43 bits per heavy atom. The Hall–Kier alpha value is -0.170. The highest BCUT2D eigenvalue weighted by Gasteiger charge is 2.14. The van der Waals surface area contributed by atoms with Crippen LogP contribution in [-0.2, 0) is 14.8 Å². The van der Waals surface area contributed by atoms with Crippen molar-refractivity contribution in [1.29, 1.82) is 0 Å². The molecule has 1 atom stereocenters. The Balaban J connectivity index is 3.87.